The largest absolute Gasteiger partial charge is 0.394 e. The van der Waals surface area contributed by atoms with Crippen molar-refractivity contribution in [1.29, 1.82) is 0 Å². The van der Waals surface area contributed by atoms with E-state index < -0.39 is 10.8 Å². The van der Waals surface area contributed by atoms with Gasteiger partial charge in [-0.15, -0.1) is 0 Å². The second kappa shape index (κ2) is 7.42. The van der Waals surface area contributed by atoms with Crippen molar-refractivity contribution in [3.8, 4) is 0 Å². The van der Waals surface area contributed by atoms with Crippen LogP contribution in [0.25, 0.3) is 0 Å². The summed E-state index contributed by atoms with van der Waals surface area (Å²) in [6.45, 7) is 1.87. The maximum absolute atomic E-state index is 13.0. The predicted molar refractivity (Wildman–Crippen MR) is 123 cm³/mol. The number of benzene rings is 1. The van der Waals surface area contributed by atoms with E-state index in [1.54, 1.807) is 0 Å². The van der Waals surface area contributed by atoms with E-state index in [1.165, 1.54) is 5.56 Å². The van der Waals surface area contributed by atoms with Gasteiger partial charge in [0.15, 0.2) is 0 Å². The summed E-state index contributed by atoms with van der Waals surface area (Å²) >= 11 is 6.04. The molecule has 6 rings (SSSR count). The van der Waals surface area contributed by atoms with Crippen molar-refractivity contribution in [1.82, 2.24) is 9.97 Å². The highest BCUT2D eigenvalue weighted by Crippen LogP contribution is 2.56. The highest BCUT2D eigenvalue weighted by atomic mass is 35.5. The molecule has 3 fully saturated rings. The number of aromatic nitrogens is 2. The van der Waals surface area contributed by atoms with Crippen molar-refractivity contribution < 1.29 is 9.32 Å². The van der Waals surface area contributed by atoms with Crippen LogP contribution in [0.4, 0.5) is 11.8 Å². The van der Waals surface area contributed by atoms with Gasteiger partial charge in [-0.2, -0.15) is 4.98 Å². The van der Waals surface area contributed by atoms with Crippen LogP contribution < -0.4 is 10.2 Å². The summed E-state index contributed by atoms with van der Waals surface area (Å²) in [7, 11) is -1.04. The Balaban J connectivity index is 1.26. The summed E-state index contributed by atoms with van der Waals surface area (Å²) < 4.78 is 13.0. The van der Waals surface area contributed by atoms with Crippen molar-refractivity contribution in [2.75, 3.05) is 29.9 Å². The standard InChI is InChI=1S/C23H27ClN4O2S/c24-16-4-2-14(3-5-16)15-6-10-28(11-7-15)22-25-19-17-12-18(17)31(30)20(19)21(26-22)27-23(13-29)8-1-9-23/h2-5,15,17-18,29H,1,6-13H2,(H,25,26,27)/t17-,18+,31?/m0/s1. The Hall–Kier alpha value is -1.70. The molecule has 1 aromatic carbocycles. The van der Waals surface area contributed by atoms with Crippen molar-refractivity contribution in [2.45, 2.75) is 66.0 Å². The van der Waals surface area contributed by atoms with Crippen LogP contribution in [0.3, 0.4) is 0 Å². The van der Waals surface area contributed by atoms with Gasteiger partial charge in [-0.3, -0.25) is 4.21 Å². The third kappa shape index (κ3) is 3.36. The van der Waals surface area contributed by atoms with Gasteiger partial charge in [0.1, 0.15) is 10.7 Å². The summed E-state index contributed by atoms with van der Waals surface area (Å²) in [5.41, 5.74) is 1.99. The van der Waals surface area contributed by atoms with Crippen molar-refractivity contribution in [2.24, 2.45) is 0 Å². The van der Waals surface area contributed by atoms with Gasteiger partial charge in [0.05, 0.1) is 28.6 Å². The van der Waals surface area contributed by atoms with Gasteiger partial charge in [-0.05, 0) is 62.1 Å². The van der Waals surface area contributed by atoms with Gasteiger partial charge < -0.3 is 15.3 Å². The van der Waals surface area contributed by atoms with Gasteiger partial charge in [0, 0.05) is 29.3 Å². The third-order valence-electron chi connectivity index (χ3n) is 7.56. The minimum atomic E-state index is -1.04. The van der Waals surface area contributed by atoms with Crippen molar-refractivity contribution >= 4 is 34.2 Å². The molecule has 31 heavy (non-hydrogen) atoms. The van der Waals surface area contributed by atoms with Crippen LogP contribution in [-0.2, 0) is 10.8 Å². The van der Waals surface area contributed by atoms with Crippen LogP contribution >= 0.6 is 11.6 Å². The number of fused-ring (bicyclic) bond motifs is 3. The first-order chi connectivity index (χ1) is 15.1. The molecule has 6 nitrogen and oxygen atoms in total. The van der Waals surface area contributed by atoms with Crippen LogP contribution in [0, 0.1) is 0 Å². The fourth-order valence-corrected chi connectivity index (χ4v) is 7.23. The number of aliphatic hydroxyl groups excluding tert-OH is 1. The number of anilines is 2. The number of piperidine rings is 1. The molecule has 3 atom stereocenters. The van der Waals surface area contributed by atoms with E-state index in [2.05, 4.69) is 22.3 Å². The molecule has 1 saturated heterocycles. The molecule has 2 N–H and O–H groups in total. The average Bonchev–Trinajstić information content (AvgIpc) is 3.52. The smallest absolute Gasteiger partial charge is 0.227 e. The molecule has 2 aromatic rings. The molecule has 4 aliphatic rings. The molecule has 2 saturated carbocycles. The number of hydrogen-bond donors (Lipinski definition) is 2. The number of hydrogen-bond acceptors (Lipinski definition) is 6. The zero-order valence-corrected chi connectivity index (χ0v) is 19.0. The molecule has 0 radical (unpaired) electrons. The average molecular weight is 459 g/mol. The molecule has 1 unspecified atom stereocenters. The minimum absolute atomic E-state index is 0.0765. The van der Waals surface area contributed by atoms with Crippen LogP contribution in [0.2, 0.25) is 5.02 Å². The SMILES string of the molecule is O=S1c2c(NC3(CO)CCC3)nc(N3CCC(c4ccc(Cl)cc4)CC3)nc2[C@H]2C[C@H]21. The number of aliphatic hydroxyl groups is 1. The second-order valence-corrected chi connectivity index (χ2v) is 11.5. The molecular formula is C23H27ClN4O2S. The molecule has 2 aliphatic heterocycles. The summed E-state index contributed by atoms with van der Waals surface area (Å²) in [5.74, 6) is 2.27. The first kappa shape index (κ1) is 19.9. The normalized spacial score (nSPS) is 28.6. The molecule has 0 amide bonds. The van der Waals surface area contributed by atoms with Crippen LogP contribution in [0.15, 0.2) is 29.2 Å². The first-order valence-corrected chi connectivity index (χ1v) is 12.9. The Morgan fingerprint density at radius 3 is 2.58 bits per heavy atom. The fourth-order valence-electron chi connectivity index (χ4n) is 5.30. The third-order valence-corrected chi connectivity index (χ3v) is 9.68. The number of rotatable bonds is 5. The summed E-state index contributed by atoms with van der Waals surface area (Å²) in [6, 6.07) is 8.20. The van der Waals surface area contributed by atoms with Crippen LogP contribution in [0.5, 0.6) is 0 Å². The summed E-state index contributed by atoms with van der Waals surface area (Å²) in [5, 5.41) is 14.4. The summed E-state index contributed by atoms with van der Waals surface area (Å²) in [6.07, 6.45) is 6.00. The van der Waals surface area contributed by atoms with E-state index in [9.17, 15) is 9.32 Å². The molecule has 8 heteroatoms. The Morgan fingerprint density at radius 1 is 1.19 bits per heavy atom. The molecule has 164 valence electrons. The highest BCUT2D eigenvalue weighted by Gasteiger charge is 2.54. The van der Waals surface area contributed by atoms with Crippen LogP contribution in [-0.4, -0.2) is 49.8 Å². The molecule has 0 bridgehead atoms. The lowest BCUT2D eigenvalue weighted by molar-refractivity contribution is 0.143. The first-order valence-electron chi connectivity index (χ1n) is 11.3. The van der Waals surface area contributed by atoms with Gasteiger partial charge >= 0.3 is 0 Å². The maximum atomic E-state index is 13.0. The van der Waals surface area contributed by atoms with Crippen LogP contribution in [0.1, 0.15) is 61.6 Å². The molecular weight excluding hydrogens is 432 g/mol. The molecule has 2 aliphatic carbocycles. The van der Waals surface area contributed by atoms with E-state index in [1.807, 2.05) is 12.1 Å². The zero-order chi connectivity index (χ0) is 21.2. The Bertz CT molecular complexity index is 1030. The zero-order valence-electron chi connectivity index (χ0n) is 17.4. The predicted octanol–water partition coefficient (Wildman–Crippen LogP) is 3.82. The summed E-state index contributed by atoms with van der Waals surface area (Å²) in [4.78, 5) is 12.9. The quantitative estimate of drug-likeness (QED) is 0.709. The molecule has 3 heterocycles. The van der Waals surface area contributed by atoms with Gasteiger partial charge in [-0.25, -0.2) is 4.98 Å². The minimum Gasteiger partial charge on any atom is -0.394 e. The lowest BCUT2D eigenvalue weighted by atomic mass is 9.77. The van der Waals surface area contributed by atoms with Crippen molar-refractivity contribution in [3.63, 3.8) is 0 Å². The lowest BCUT2D eigenvalue weighted by Crippen LogP contribution is -2.49. The maximum Gasteiger partial charge on any atom is 0.227 e. The van der Waals surface area contributed by atoms with E-state index >= 15 is 0 Å². The lowest BCUT2D eigenvalue weighted by Gasteiger charge is -2.42. The topological polar surface area (TPSA) is 78.3 Å². The van der Waals surface area contributed by atoms with E-state index in [0.717, 1.165) is 73.2 Å². The van der Waals surface area contributed by atoms with Crippen molar-refractivity contribution in [3.05, 3.63) is 40.5 Å². The number of nitrogens with one attached hydrogen (secondary N) is 1. The second-order valence-electron chi connectivity index (χ2n) is 9.49. The Morgan fingerprint density at radius 2 is 1.94 bits per heavy atom. The fraction of sp³-hybridized carbons (Fsp3) is 0.565. The van der Waals surface area contributed by atoms with E-state index in [0.29, 0.717) is 17.7 Å². The highest BCUT2D eigenvalue weighted by molar-refractivity contribution is 7.86. The monoisotopic (exact) mass is 458 g/mol. The van der Waals surface area contributed by atoms with E-state index in [4.69, 9.17) is 21.6 Å². The van der Waals surface area contributed by atoms with Gasteiger partial charge in [-0.1, -0.05) is 23.7 Å². The number of halogens is 1. The Labute approximate surface area is 189 Å². The molecule has 0 spiro atoms. The van der Waals surface area contributed by atoms with Gasteiger partial charge in [0.25, 0.3) is 0 Å². The number of nitrogens with zero attached hydrogens (tertiary/aromatic N) is 3. The van der Waals surface area contributed by atoms with Gasteiger partial charge in [0.2, 0.25) is 5.95 Å². The Kier molecular flexibility index (Phi) is 4.78. The molecule has 1 aromatic heterocycles. The van der Waals surface area contributed by atoms with E-state index in [-0.39, 0.29) is 17.4 Å².